The maximum Gasteiger partial charge on any atom is 0.257 e. The molecule has 0 aliphatic heterocycles. The number of nitrogens with zero attached hydrogens (tertiary/aromatic N) is 1. The number of carbonyl (C=O) groups is 1. The lowest BCUT2D eigenvalue weighted by Crippen LogP contribution is -2.38. The molecule has 8 heteroatoms. The molecule has 2 rings (SSSR count). The number of amides is 1. The number of ether oxygens (including phenoxy) is 2. The van der Waals surface area contributed by atoms with Gasteiger partial charge in [0.2, 0.25) is 0 Å². The summed E-state index contributed by atoms with van der Waals surface area (Å²) in [6.07, 6.45) is 0.865. The summed E-state index contributed by atoms with van der Waals surface area (Å²) in [5.41, 5.74) is 3.35. The van der Waals surface area contributed by atoms with E-state index in [1.54, 1.807) is 7.11 Å². The number of halogens is 1. The molecule has 0 bridgehead atoms. The third kappa shape index (κ3) is 9.76. The van der Waals surface area contributed by atoms with E-state index in [1.807, 2.05) is 45.0 Å². The Kier molecular flexibility index (Phi) is 13.2. The smallest absolute Gasteiger partial charge is 0.257 e. The van der Waals surface area contributed by atoms with Crippen molar-refractivity contribution in [2.24, 2.45) is 4.99 Å². The highest BCUT2D eigenvalue weighted by Gasteiger charge is 2.04. The van der Waals surface area contributed by atoms with Crippen molar-refractivity contribution in [3.8, 4) is 11.5 Å². The Labute approximate surface area is 208 Å². The van der Waals surface area contributed by atoms with Crippen molar-refractivity contribution in [2.75, 3.05) is 33.4 Å². The monoisotopic (exact) mass is 554 g/mol. The highest BCUT2D eigenvalue weighted by atomic mass is 127. The van der Waals surface area contributed by atoms with Crippen LogP contribution in [0.2, 0.25) is 0 Å². The average molecular weight is 554 g/mol. The van der Waals surface area contributed by atoms with Gasteiger partial charge in [0.1, 0.15) is 11.5 Å². The van der Waals surface area contributed by atoms with E-state index in [9.17, 15) is 4.79 Å². The summed E-state index contributed by atoms with van der Waals surface area (Å²) in [5.74, 6) is 2.20. The molecule has 2 aromatic rings. The fourth-order valence-electron chi connectivity index (χ4n) is 2.99. The molecular formula is C24H35IN4O3. The number of hydrogen-bond acceptors (Lipinski definition) is 4. The van der Waals surface area contributed by atoms with Gasteiger partial charge in [-0.15, -0.1) is 24.0 Å². The molecule has 0 spiro atoms. The highest BCUT2D eigenvalue weighted by molar-refractivity contribution is 14.0. The number of guanidine groups is 1. The van der Waals surface area contributed by atoms with Crippen LogP contribution in [0.4, 0.5) is 0 Å². The quantitative estimate of drug-likeness (QED) is 0.225. The van der Waals surface area contributed by atoms with Gasteiger partial charge in [-0.05, 0) is 62.1 Å². The standard InChI is InChI=1S/C24H34N4O3.HI/c1-5-25-23(29)17-31-21-9-7-8-20(14-21)16-28-24(26-6-2)27-13-12-19-11-10-18(3)22(15-19)30-4;/h7-11,14-15H,5-6,12-13,16-17H2,1-4H3,(H,25,29)(H2,26,27,28);1H. The molecule has 0 aliphatic rings. The average Bonchev–Trinajstić information content (AvgIpc) is 2.77. The zero-order valence-corrected chi connectivity index (χ0v) is 21.7. The molecule has 0 aliphatic carbocycles. The molecule has 0 aromatic heterocycles. The van der Waals surface area contributed by atoms with Gasteiger partial charge in [0.15, 0.2) is 12.6 Å². The Morgan fingerprint density at radius 3 is 2.50 bits per heavy atom. The van der Waals surface area contributed by atoms with E-state index in [4.69, 9.17) is 9.47 Å². The normalized spacial score (nSPS) is 10.7. The van der Waals surface area contributed by atoms with Crippen molar-refractivity contribution in [3.05, 3.63) is 59.2 Å². The molecule has 1 amide bonds. The molecule has 176 valence electrons. The SMILES string of the molecule is CCNC(=O)COc1cccc(CN=C(NCC)NCCc2ccc(C)c(OC)c2)c1.I. The first kappa shape index (κ1) is 27.5. The maximum absolute atomic E-state index is 11.6. The van der Waals surface area contributed by atoms with Gasteiger partial charge in [0.25, 0.3) is 5.91 Å². The van der Waals surface area contributed by atoms with Gasteiger partial charge < -0.3 is 25.4 Å². The summed E-state index contributed by atoms with van der Waals surface area (Å²) in [6.45, 7) is 8.60. The van der Waals surface area contributed by atoms with Gasteiger partial charge in [-0.25, -0.2) is 4.99 Å². The number of hydrogen-bond donors (Lipinski definition) is 3. The van der Waals surface area contributed by atoms with E-state index < -0.39 is 0 Å². The van der Waals surface area contributed by atoms with Crippen molar-refractivity contribution in [3.63, 3.8) is 0 Å². The molecule has 0 atom stereocenters. The number of likely N-dealkylation sites (N-methyl/N-ethyl adjacent to an activating group) is 1. The van der Waals surface area contributed by atoms with Crippen LogP contribution in [0, 0.1) is 6.92 Å². The Morgan fingerprint density at radius 2 is 1.78 bits per heavy atom. The van der Waals surface area contributed by atoms with Crippen LogP contribution >= 0.6 is 24.0 Å². The van der Waals surface area contributed by atoms with Crippen molar-refractivity contribution < 1.29 is 14.3 Å². The first-order chi connectivity index (χ1) is 15.0. The lowest BCUT2D eigenvalue weighted by molar-refractivity contribution is -0.122. The summed E-state index contributed by atoms with van der Waals surface area (Å²) in [4.78, 5) is 16.2. The van der Waals surface area contributed by atoms with Gasteiger partial charge >= 0.3 is 0 Å². The molecule has 0 saturated heterocycles. The predicted molar refractivity (Wildman–Crippen MR) is 140 cm³/mol. The number of nitrogens with one attached hydrogen (secondary N) is 3. The van der Waals surface area contributed by atoms with Gasteiger partial charge in [-0.1, -0.05) is 24.3 Å². The second kappa shape index (κ2) is 15.3. The Balaban J connectivity index is 0.00000512. The maximum atomic E-state index is 11.6. The fraction of sp³-hybridized carbons (Fsp3) is 0.417. The van der Waals surface area contributed by atoms with E-state index >= 15 is 0 Å². The molecular weight excluding hydrogens is 519 g/mol. The Morgan fingerprint density at radius 1 is 1.00 bits per heavy atom. The molecule has 2 aromatic carbocycles. The molecule has 0 heterocycles. The van der Waals surface area contributed by atoms with Crippen LogP contribution in [-0.4, -0.2) is 45.2 Å². The molecule has 0 saturated carbocycles. The second-order valence-electron chi connectivity index (χ2n) is 7.07. The van der Waals surface area contributed by atoms with E-state index in [1.165, 1.54) is 5.56 Å². The summed E-state index contributed by atoms with van der Waals surface area (Å²) in [6, 6.07) is 13.9. The Bertz CT molecular complexity index is 874. The largest absolute Gasteiger partial charge is 0.496 e. The van der Waals surface area contributed by atoms with E-state index in [-0.39, 0.29) is 36.5 Å². The zero-order chi connectivity index (χ0) is 22.5. The topological polar surface area (TPSA) is 84.0 Å². The summed E-state index contributed by atoms with van der Waals surface area (Å²) >= 11 is 0. The first-order valence-corrected chi connectivity index (χ1v) is 10.7. The minimum Gasteiger partial charge on any atom is -0.496 e. The number of benzene rings is 2. The molecule has 0 radical (unpaired) electrons. The van der Waals surface area contributed by atoms with Gasteiger partial charge in [0.05, 0.1) is 13.7 Å². The lowest BCUT2D eigenvalue weighted by Gasteiger charge is -2.12. The molecule has 7 nitrogen and oxygen atoms in total. The van der Waals surface area contributed by atoms with Crippen molar-refractivity contribution >= 4 is 35.8 Å². The lowest BCUT2D eigenvalue weighted by atomic mass is 10.1. The highest BCUT2D eigenvalue weighted by Crippen LogP contribution is 2.19. The van der Waals surface area contributed by atoms with Crippen LogP contribution in [0.3, 0.4) is 0 Å². The van der Waals surface area contributed by atoms with Gasteiger partial charge in [-0.3, -0.25) is 4.79 Å². The minimum absolute atomic E-state index is 0. The van der Waals surface area contributed by atoms with Crippen LogP contribution in [0.1, 0.15) is 30.5 Å². The fourth-order valence-corrected chi connectivity index (χ4v) is 2.99. The van der Waals surface area contributed by atoms with Crippen molar-refractivity contribution in [1.29, 1.82) is 0 Å². The number of aryl methyl sites for hydroxylation is 1. The van der Waals surface area contributed by atoms with E-state index in [0.29, 0.717) is 18.8 Å². The molecule has 0 fully saturated rings. The van der Waals surface area contributed by atoms with Crippen LogP contribution in [0.25, 0.3) is 0 Å². The van der Waals surface area contributed by atoms with Crippen LogP contribution in [0.15, 0.2) is 47.5 Å². The van der Waals surface area contributed by atoms with Gasteiger partial charge in [0, 0.05) is 19.6 Å². The van der Waals surface area contributed by atoms with Crippen LogP contribution in [-0.2, 0) is 17.8 Å². The summed E-state index contributed by atoms with van der Waals surface area (Å²) in [5, 5.41) is 9.36. The number of aliphatic imine (C=N–C) groups is 1. The van der Waals surface area contributed by atoms with Crippen LogP contribution in [0.5, 0.6) is 11.5 Å². The minimum atomic E-state index is -0.129. The molecule has 32 heavy (non-hydrogen) atoms. The van der Waals surface area contributed by atoms with E-state index in [0.717, 1.165) is 42.3 Å². The predicted octanol–water partition coefficient (Wildman–Crippen LogP) is 3.43. The third-order valence-electron chi connectivity index (χ3n) is 4.58. The number of carbonyl (C=O) groups excluding carboxylic acids is 1. The number of rotatable bonds is 11. The number of methoxy groups -OCH3 is 1. The second-order valence-corrected chi connectivity index (χ2v) is 7.07. The van der Waals surface area contributed by atoms with Crippen LogP contribution < -0.4 is 25.4 Å². The third-order valence-corrected chi connectivity index (χ3v) is 4.58. The summed E-state index contributed by atoms with van der Waals surface area (Å²) in [7, 11) is 1.69. The van der Waals surface area contributed by atoms with Crippen molar-refractivity contribution in [2.45, 2.75) is 33.7 Å². The Hall–Kier alpha value is -2.49. The van der Waals surface area contributed by atoms with Gasteiger partial charge in [-0.2, -0.15) is 0 Å². The molecule has 0 unspecified atom stereocenters. The summed E-state index contributed by atoms with van der Waals surface area (Å²) < 4.78 is 11.0. The van der Waals surface area contributed by atoms with E-state index in [2.05, 4.69) is 39.1 Å². The molecule has 3 N–H and O–H groups in total. The first-order valence-electron chi connectivity index (χ1n) is 10.7. The van der Waals surface area contributed by atoms with Crippen molar-refractivity contribution in [1.82, 2.24) is 16.0 Å². The zero-order valence-electron chi connectivity index (χ0n) is 19.4.